The summed E-state index contributed by atoms with van der Waals surface area (Å²) in [5, 5.41) is 0.967. The summed E-state index contributed by atoms with van der Waals surface area (Å²) in [4.78, 5) is 13.4. The van der Waals surface area contributed by atoms with Crippen LogP contribution in [0.15, 0.2) is 11.2 Å². The van der Waals surface area contributed by atoms with E-state index in [1.54, 1.807) is 18.0 Å². The summed E-state index contributed by atoms with van der Waals surface area (Å²) in [7, 11) is 0. The Kier molecular flexibility index (Phi) is 5.25. The average Bonchev–Trinajstić information content (AvgIpc) is 2.98. The second-order valence-electron chi connectivity index (χ2n) is 4.16. The molecule has 1 saturated heterocycles. The van der Waals surface area contributed by atoms with Gasteiger partial charge in [-0.3, -0.25) is 0 Å². The minimum Gasteiger partial charge on any atom is -0.447 e. The molecule has 18 heavy (non-hydrogen) atoms. The van der Waals surface area contributed by atoms with E-state index >= 15 is 0 Å². The van der Waals surface area contributed by atoms with Crippen LogP contribution in [0.3, 0.4) is 0 Å². The zero-order chi connectivity index (χ0) is 12.8. The molecule has 1 aliphatic rings. The SMILES string of the molecule is CCCC1COC(=O)N1CCCSc1cnsn1. The fraction of sp³-hybridized carbons (Fsp3) is 0.727. The fourth-order valence-electron chi connectivity index (χ4n) is 1.97. The molecule has 0 spiro atoms. The second-order valence-corrected chi connectivity index (χ2v) is 5.83. The summed E-state index contributed by atoms with van der Waals surface area (Å²) in [6.45, 7) is 3.45. The van der Waals surface area contributed by atoms with Crippen molar-refractivity contribution in [3.05, 3.63) is 6.20 Å². The lowest BCUT2D eigenvalue weighted by molar-refractivity contribution is 0.157. The predicted molar refractivity (Wildman–Crippen MR) is 72.0 cm³/mol. The molecule has 1 fully saturated rings. The number of carbonyl (C=O) groups excluding carboxylic acids is 1. The van der Waals surface area contributed by atoms with E-state index in [9.17, 15) is 4.79 Å². The molecule has 0 saturated carbocycles. The van der Waals surface area contributed by atoms with Crippen molar-refractivity contribution in [2.24, 2.45) is 0 Å². The summed E-state index contributed by atoms with van der Waals surface area (Å²) in [6, 6.07) is 0.272. The van der Waals surface area contributed by atoms with Crippen molar-refractivity contribution in [1.82, 2.24) is 13.6 Å². The Labute approximate surface area is 115 Å². The normalized spacial score (nSPS) is 19.3. The number of hydrogen-bond acceptors (Lipinski definition) is 6. The number of aromatic nitrogens is 2. The smallest absolute Gasteiger partial charge is 0.410 e. The van der Waals surface area contributed by atoms with Crippen LogP contribution in [0.25, 0.3) is 0 Å². The van der Waals surface area contributed by atoms with Gasteiger partial charge in [-0.05, 0) is 12.8 Å². The lowest BCUT2D eigenvalue weighted by Crippen LogP contribution is -2.34. The van der Waals surface area contributed by atoms with Gasteiger partial charge in [-0.15, -0.1) is 11.8 Å². The Hall–Kier alpha value is -0.820. The third kappa shape index (κ3) is 3.58. The van der Waals surface area contributed by atoms with E-state index < -0.39 is 0 Å². The molecular formula is C11H17N3O2S2. The maximum atomic E-state index is 11.6. The maximum Gasteiger partial charge on any atom is 0.410 e. The summed E-state index contributed by atoms with van der Waals surface area (Å²) >= 11 is 2.91. The van der Waals surface area contributed by atoms with Gasteiger partial charge in [-0.2, -0.15) is 8.75 Å². The van der Waals surface area contributed by atoms with E-state index in [0.29, 0.717) is 6.61 Å². The van der Waals surface area contributed by atoms with E-state index in [1.165, 1.54) is 11.7 Å². The fourth-order valence-corrected chi connectivity index (χ4v) is 3.28. The van der Waals surface area contributed by atoms with Gasteiger partial charge >= 0.3 is 6.09 Å². The van der Waals surface area contributed by atoms with Crippen LogP contribution in [0.1, 0.15) is 26.2 Å². The van der Waals surface area contributed by atoms with Gasteiger partial charge in [0, 0.05) is 12.3 Å². The van der Waals surface area contributed by atoms with Gasteiger partial charge in [0.2, 0.25) is 0 Å². The van der Waals surface area contributed by atoms with Gasteiger partial charge in [-0.1, -0.05) is 13.3 Å². The van der Waals surface area contributed by atoms with Crippen LogP contribution in [0.5, 0.6) is 0 Å². The highest BCUT2D eigenvalue weighted by molar-refractivity contribution is 7.99. The predicted octanol–water partition coefficient (Wildman–Crippen LogP) is 2.64. The van der Waals surface area contributed by atoms with E-state index in [4.69, 9.17) is 4.74 Å². The van der Waals surface area contributed by atoms with Gasteiger partial charge in [0.15, 0.2) is 0 Å². The van der Waals surface area contributed by atoms with Crippen LogP contribution < -0.4 is 0 Å². The van der Waals surface area contributed by atoms with Gasteiger partial charge in [0.1, 0.15) is 11.6 Å². The molecule has 1 atom stereocenters. The summed E-state index contributed by atoms with van der Waals surface area (Å²) in [5.74, 6) is 0.952. The molecule has 1 unspecified atom stereocenters. The third-order valence-electron chi connectivity index (χ3n) is 2.83. The molecule has 2 rings (SSSR count). The lowest BCUT2D eigenvalue weighted by atomic mass is 10.1. The zero-order valence-electron chi connectivity index (χ0n) is 10.4. The molecular weight excluding hydrogens is 270 g/mol. The molecule has 0 N–H and O–H groups in total. The standard InChI is InChI=1S/C11H17N3O2S2/c1-2-4-9-8-16-11(15)14(9)5-3-6-17-10-7-12-18-13-10/h7,9H,2-6,8H2,1H3. The van der Waals surface area contributed by atoms with Crippen LogP contribution in [0, 0.1) is 0 Å². The van der Waals surface area contributed by atoms with Gasteiger partial charge in [0.25, 0.3) is 0 Å². The molecule has 0 aliphatic carbocycles. The van der Waals surface area contributed by atoms with Crippen molar-refractivity contribution >= 4 is 29.6 Å². The largest absolute Gasteiger partial charge is 0.447 e. The highest BCUT2D eigenvalue weighted by Gasteiger charge is 2.31. The van der Waals surface area contributed by atoms with Crippen LogP contribution >= 0.6 is 23.5 Å². The molecule has 1 aromatic rings. The first-order chi connectivity index (χ1) is 8.81. The lowest BCUT2D eigenvalue weighted by Gasteiger charge is -2.20. The number of nitrogens with zero attached hydrogens (tertiary/aromatic N) is 3. The Balaban J connectivity index is 1.69. The number of amides is 1. The van der Waals surface area contributed by atoms with Crippen LogP contribution in [-0.2, 0) is 4.74 Å². The molecule has 100 valence electrons. The van der Waals surface area contributed by atoms with Gasteiger partial charge in [0.05, 0.1) is 24.0 Å². The van der Waals surface area contributed by atoms with Gasteiger partial charge in [-0.25, -0.2) is 4.79 Å². The van der Waals surface area contributed by atoms with Crippen molar-refractivity contribution < 1.29 is 9.53 Å². The molecule has 0 radical (unpaired) electrons. The van der Waals surface area contributed by atoms with E-state index in [1.807, 2.05) is 4.90 Å². The molecule has 0 aromatic carbocycles. The van der Waals surface area contributed by atoms with E-state index in [0.717, 1.165) is 36.6 Å². The Morgan fingerprint density at radius 1 is 1.67 bits per heavy atom. The second kappa shape index (κ2) is 6.94. The monoisotopic (exact) mass is 287 g/mol. The first-order valence-electron chi connectivity index (χ1n) is 6.15. The topological polar surface area (TPSA) is 55.3 Å². The van der Waals surface area contributed by atoms with E-state index in [2.05, 4.69) is 15.7 Å². The highest BCUT2D eigenvalue weighted by atomic mass is 32.2. The molecule has 1 amide bonds. The van der Waals surface area contributed by atoms with Crippen LogP contribution in [-0.4, -0.2) is 44.7 Å². The number of carbonyl (C=O) groups is 1. The van der Waals surface area contributed by atoms with Crippen LogP contribution in [0.4, 0.5) is 4.79 Å². The molecule has 1 aliphatic heterocycles. The zero-order valence-corrected chi connectivity index (χ0v) is 12.0. The summed E-state index contributed by atoms with van der Waals surface area (Å²) in [6.07, 6.45) is 4.68. The number of cyclic esters (lactones) is 1. The Morgan fingerprint density at radius 2 is 2.56 bits per heavy atom. The molecule has 2 heterocycles. The van der Waals surface area contributed by atoms with Crippen molar-refractivity contribution in [3.8, 4) is 0 Å². The number of rotatable bonds is 7. The molecule has 1 aromatic heterocycles. The molecule has 0 bridgehead atoms. The Morgan fingerprint density at radius 3 is 3.28 bits per heavy atom. The molecule has 5 nitrogen and oxygen atoms in total. The van der Waals surface area contributed by atoms with Crippen molar-refractivity contribution in [1.29, 1.82) is 0 Å². The number of ether oxygens (including phenoxy) is 1. The first-order valence-corrected chi connectivity index (χ1v) is 7.86. The minimum absolute atomic E-state index is 0.159. The Bertz CT molecular complexity index is 372. The maximum absolute atomic E-state index is 11.6. The van der Waals surface area contributed by atoms with Gasteiger partial charge < -0.3 is 9.64 Å². The van der Waals surface area contributed by atoms with Crippen molar-refractivity contribution in [3.63, 3.8) is 0 Å². The van der Waals surface area contributed by atoms with Crippen molar-refractivity contribution in [2.45, 2.75) is 37.3 Å². The quantitative estimate of drug-likeness (QED) is 0.570. The first kappa shape index (κ1) is 13.6. The average molecular weight is 287 g/mol. The van der Waals surface area contributed by atoms with Crippen LogP contribution in [0.2, 0.25) is 0 Å². The summed E-state index contributed by atoms with van der Waals surface area (Å²) in [5.41, 5.74) is 0. The number of hydrogen-bond donors (Lipinski definition) is 0. The number of thioether (sulfide) groups is 1. The van der Waals surface area contributed by atoms with Crippen molar-refractivity contribution in [2.75, 3.05) is 18.9 Å². The summed E-state index contributed by atoms with van der Waals surface area (Å²) < 4.78 is 13.2. The minimum atomic E-state index is -0.159. The molecule has 7 heteroatoms. The van der Waals surface area contributed by atoms with E-state index in [-0.39, 0.29) is 12.1 Å². The highest BCUT2D eigenvalue weighted by Crippen LogP contribution is 2.20. The third-order valence-corrected chi connectivity index (χ3v) is 4.41.